The molecule has 1 aromatic rings. The summed E-state index contributed by atoms with van der Waals surface area (Å²) in [4.78, 5) is 15.0. The lowest BCUT2D eigenvalue weighted by molar-refractivity contribution is -0.160. The molecule has 216 valence electrons. The number of rotatable bonds is 9. The lowest BCUT2D eigenvalue weighted by atomic mass is 9.97. The molecule has 3 rings (SSSR count). The molecule has 2 saturated heterocycles. The number of likely N-dealkylation sites (tertiary alicyclic amines) is 1. The number of hydrogen-bond donors (Lipinski definition) is 1. The number of aliphatic hydroxyl groups excluding tert-OH is 1. The summed E-state index contributed by atoms with van der Waals surface area (Å²) in [6, 6.07) is 8.77. The summed E-state index contributed by atoms with van der Waals surface area (Å²) in [5.41, 5.74) is 0.860. The molecule has 5 atom stereocenters. The quantitative estimate of drug-likeness (QED) is 0.349. The van der Waals surface area contributed by atoms with Gasteiger partial charge in [-0.25, -0.2) is 4.79 Å². The standard InChI is InChI=1S/C26H43NO9SSi/c1-25(2,3)38(7,8)36-20-14-15-27(24(29)32-16-18-12-10-9-11-13-18)21(20)23-22(34-26(4,5)35-23)19(28)17-33-37(6,30)31/h9-13,19-23,28H,14-17H2,1-8H3/t19-,20+,21-,22-,23-/m1/s1. The zero-order valence-corrected chi connectivity index (χ0v) is 25.5. The zero-order chi connectivity index (χ0) is 28.5. The van der Waals surface area contributed by atoms with Crippen molar-refractivity contribution in [3.8, 4) is 0 Å². The van der Waals surface area contributed by atoms with Crippen LogP contribution in [0.3, 0.4) is 0 Å². The highest BCUT2D eigenvalue weighted by molar-refractivity contribution is 7.85. The number of amides is 1. The Morgan fingerprint density at radius 3 is 2.42 bits per heavy atom. The van der Waals surface area contributed by atoms with Gasteiger partial charge in [-0.2, -0.15) is 8.42 Å². The highest BCUT2D eigenvalue weighted by Gasteiger charge is 2.56. The van der Waals surface area contributed by atoms with Gasteiger partial charge in [-0.3, -0.25) is 9.08 Å². The summed E-state index contributed by atoms with van der Waals surface area (Å²) < 4.78 is 52.7. The molecule has 0 unspecified atom stereocenters. The lowest BCUT2D eigenvalue weighted by Gasteiger charge is -2.42. The largest absolute Gasteiger partial charge is 0.445 e. The second-order valence-electron chi connectivity index (χ2n) is 12.1. The van der Waals surface area contributed by atoms with Gasteiger partial charge in [-0.1, -0.05) is 51.1 Å². The Kier molecular flexibility index (Phi) is 9.39. The minimum absolute atomic E-state index is 0.0761. The Bertz CT molecular complexity index is 1060. The van der Waals surface area contributed by atoms with E-state index < -0.39 is 67.4 Å². The molecule has 0 radical (unpaired) electrons. The smallest absolute Gasteiger partial charge is 0.410 e. The van der Waals surface area contributed by atoms with Crippen LogP contribution in [-0.4, -0.2) is 88.5 Å². The maximum atomic E-state index is 13.4. The predicted molar refractivity (Wildman–Crippen MR) is 144 cm³/mol. The van der Waals surface area contributed by atoms with Gasteiger partial charge in [0.15, 0.2) is 14.1 Å². The van der Waals surface area contributed by atoms with E-state index in [9.17, 15) is 18.3 Å². The van der Waals surface area contributed by atoms with Gasteiger partial charge in [-0.15, -0.1) is 0 Å². The maximum absolute atomic E-state index is 13.4. The number of carbonyl (C=O) groups is 1. The molecule has 12 heteroatoms. The number of aliphatic hydroxyl groups is 1. The van der Waals surface area contributed by atoms with Gasteiger partial charge in [0.1, 0.15) is 24.9 Å². The summed E-state index contributed by atoms with van der Waals surface area (Å²) in [7, 11) is -6.05. The number of hydrogen-bond acceptors (Lipinski definition) is 9. The molecule has 10 nitrogen and oxygen atoms in total. The fourth-order valence-corrected chi connectivity index (χ4v) is 6.30. The molecule has 2 fully saturated rings. The van der Waals surface area contributed by atoms with Gasteiger partial charge in [0, 0.05) is 6.54 Å². The number of nitrogens with zero attached hydrogens (tertiary/aromatic N) is 1. The Morgan fingerprint density at radius 1 is 1.21 bits per heavy atom. The first kappa shape index (κ1) is 31.0. The van der Waals surface area contributed by atoms with Crippen molar-refractivity contribution >= 4 is 24.5 Å². The Balaban J connectivity index is 1.90. The fraction of sp³-hybridized carbons (Fsp3) is 0.731. The van der Waals surface area contributed by atoms with Crippen LogP contribution in [0.1, 0.15) is 46.6 Å². The maximum Gasteiger partial charge on any atom is 0.410 e. The molecule has 1 amide bonds. The van der Waals surface area contributed by atoms with Crippen LogP contribution < -0.4 is 0 Å². The third kappa shape index (κ3) is 7.77. The summed E-state index contributed by atoms with van der Waals surface area (Å²) in [6.07, 6.45) is -2.55. The molecular weight excluding hydrogens is 530 g/mol. The molecular formula is C26H43NO9SSi. The topological polar surface area (TPSA) is 121 Å². The minimum Gasteiger partial charge on any atom is -0.445 e. The Morgan fingerprint density at radius 2 is 1.84 bits per heavy atom. The molecule has 0 spiro atoms. The van der Waals surface area contributed by atoms with Crippen LogP contribution in [0.25, 0.3) is 0 Å². The van der Waals surface area contributed by atoms with E-state index in [4.69, 9.17) is 22.8 Å². The highest BCUT2D eigenvalue weighted by atomic mass is 32.2. The Hall–Kier alpha value is -1.54. The molecule has 0 aromatic heterocycles. The summed E-state index contributed by atoms with van der Waals surface area (Å²) in [6.45, 7) is 14.1. The van der Waals surface area contributed by atoms with Crippen molar-refractivity contribution in [2.45, 2.75) is 102 Å². The van der Waals surface area contributed by atoms with Crippen LogP contribution in [0.15, 0.2) is 30.3 Å². The molecule has 2 aliphatic heterocycles. The van der Waals surface area contributed by atoms with Crippen molar-refractivity contribution in [2.24, 2.45) is 0 Å². The second-order valence-corrected chi connectivity index (χ2v) is 18.5. The summed E-state index contributed by atoms with van der Waals surface area (Å²) in [5, 5.41) is 10.9. The first-order valence-corrected chi connectivity index (χ1v) is 17.7. The van der Waals surface area contributed by atoms with Gasteiger partial charge < -0.3 is 23.7 Å². The van der Waals surface area contributed by atoms with E-state index in [0.29, 0.717) is 13.0 Å². The average molecular weight is 574 g/mol. The van der Waals surface area contributed by atoms with E-state index in [2.05, 4.69) is 33.9 Å². The van der Waals surface area contributed by atoms with Crippen molar-refractivity contribution in [2.75, 3.05) is 19.4 Å². The molecule has 0 aliphatic carbocycles. The van der Waals surface area contributed by atoms with Gasteiger partial charge in [0.25, 0.3) is 10.1 Å². The first-order chi connectivity index (χ1) is 17.4. The average Bonchev–Trinajstić information content (AvgIpc) is 3.34. The molecule has 2 aliphatic rings. The van der Waals surface area contributed by atoms with Crippen LogP contribution in [0.5, 0.6) is 0 Å². The number of carbonyl (C=O) groups excluding carboxylic acids is 1. The van der Waals surface area contributed by atoms with E-state index in [-0.39, 0.29) is 11.6 Å². The van der Waals surface area contributed by atoms with Gasteiger partial charge in [0.2, 0.25) is 0 Å². The van der Waals surface area contributed by atoms with E-state index in [1.807, 2.05) is 30.3 Å². The van der Waals surface area contributed by atoms with Crippen LogP contribution in [-0.2, 0) is 39.5 Å². The molecule has 0 saturated carbocycles. The molecule has 38 heavy (non-hydrogen) atoms. The highest BCUT2D eigenvalue weighted by Crippen LogP contribution is 2.42. The van der Waals surface area contributed by atoms with E-state index in [1.165, 1.54) is 0 Å². The minimum atomic E-state index is -3.78. The van der Waals surface area contributed by atoms with Gasteiger partial charge in [-0.05, 0) is 44.0 Å². The Labute approximate surface area is 227 Å². The lowest BCUT2D eigenvalue weighted by Crippen LogP contribution is -2.57. The van der Waals surface area contributed by atoms with Crippen LogP contribution >= 0.6 is 0 Å². The normalized spacial score (nSPS) is 26.9. The van der Waals surface area contributed by atoms with Crippen LogP contribution in [0, 0.1) is 0 Å². The van der Waals surface area contributed by atoms with Crippen molar-refractivity contribution in [1.82, 2.24) is 4.90 Å². The fourth-order valence-electron chi connectivity index (χ4n) is 4.54. The summed E-state index contributed by atoms with van der Waals surface area (Å²) >= 11 is 0. The second kappa shape index (κ2) is 11.5. The molecule has 2 heterocycles. The SMILES string of the molecule is CC1(C)O[C@H]([C@H]2[C@@H](O[Si](C)(C)C(C)(C)C)CCN2C(=O)OCc2ccccc2)[C@@H]([C@H](O)COS(C)(=O)=O)O1. The third-order valence-electron chi connectivity index (χ3n) is 7.42. The van der Waals surface area contributed by atoms with Gasteiger partial charge >= 0.3 is 6.09 Å². The van der Waals surface area contributed by atoms with Crippen molar-refractivity contribution < 1.29 is 41.1 Å². The molecule has 1 N–H and O–H groups in total. The zero-order valence-electron chi connectivity index (χ0n) is 23.7. The monoisotopic (exact) mass is 573 g/mol. The van der Waals surface area contributed by atoms with Crippen LogP contribution in [0.4, 0.5) is 4.79 Å². The number of ether oxygens (including phenoxy) is 3. The predicted octanol–water partition coefficient (Wildman–Crippen LogP) is 3.65. The van der Waals surface area contributed by atoms with Crippen molar-refractivity contribution in [3.05, 3.63) is 35.9 Å². The van der Waals surface area contributed by atoms with E-state index >= 15 is 0 Å². The third-order valence-corrected chi connectivity index (χ3v) is 12.5. The molecule has 1 aromatic carbocycles. The van der Waals surface area contributed by atoms with Gasteiger partial charge in [0.05, 0.1) is 25.0 Å². The van der Waals surface area contributed by atoms with E-state index in [0.717, 1.165) is 11.8 Å². The van der Waals surface area contributed by atoms with Crippen molar-refractivity contribution in [1.29, 1.82) is 0 Å². The molecule has 0 bridgehead atoms. The number of benzene rings is 1. The summed E-state index contributed by atoms with van der Waals surface area (Å²) in [5.74, 6) is -1.09. The van der Waals surface area contributed by atoms with Crippen molar-refractivity contribution in [3.63, 3.8) is 0 Å². The van der Waals surface area contributed by atoms with E-state index in [1.54, 1.807) is 18.7 Å². The van der Waals surface area contributed by atoms with Crippen LogP contribution in [0.2, 0.25) is 18.1 Å². The first-order valence-electron chi connectivity index (χ1n) is 12.9.